The van der Waals surface area contributed by atoms with E-state index in [0.717, 1.165) is 0 Å². The molecule has 1 heterocycles. The second-order valence-corrected chi connectivity index (χ2v) is 7.71. The Morgan fingerprint density at radius 1 is 1.39 bits per heavy atom. The smallest absolute Gasteiger partial charge is 0.416 e. The molecule has 1 aliphatic rings. The molecule has 0 saturated heterocycles. The Morgan fingerprint density at radius 2 is 2.09 bits per heavy atom. The molecule has 0 aliphatic heterocycles. The molecule has 1 saturated carbocycles. The number of halogens is 1. The molecular weight excluding hydrogens is 340 g/mol. The van der Waals surface area contributed by atoms with Crippen molar-refractivity contribution in [1.82, 2.24) is 4.98 Å². The van der Waals surface area contributed by atoms with E-state index in [0.29, 0.717) is 29.5 Å². The third-order valence-corrected chi connectivity index (χ3v) is 4.73. The van der Waals surface area contributed by atoms with Gasteiger partial charge in [0, 0.05) is 11.4 Å². The van der Waals surface area contributed by atoms with Crippen LogP contribution >= 0.6 is 22.9 Å². The number of anilines is 1. The standard InChI is InChI=1S/C15H21ClN2O4S/c1-15(2,3)22-14(20)18(13-17-11(16)8-23-13)10-6-5-9(7-10)12(19)21-4/h8-10H,5-7H2,1-4H3/t9-,10+/m1/s1. The largest absolute Gasteiger partial charge is 0.469 e. The first kappa shape index (κ1) is 18.0. The van der Waals surface area contributed by atoms with Crippen molar-refractivity contribution in [3.05, 3.63) is 10.5 Å². The number of nitrogens with zero attached hydrogens (tertiary/aromatic N) is 2. The van der Waals surface area contributed by atoms with Gasteiger partial charge in [0.05, 0.1) is 13.0 Å². The van der Waals surface area contributed by atoms with Crippen LogP contribution in [-0.4, -0.2) is 35.8 Å². The normalized spacial score (nSPS) is 21.1. The van der Waals surface area contributed by atoms with Gasteiger partial charge in [-0.05, 0) is 40.0 Å². The Hall–Kier alpha value is -1.34. The minimum Gasteiger partial charge on any atom is -0.469 e. The zero-order chi connectivity index (χ0) is 17.2. The fourth-order valence-corrected chi connectivity index (χ4v) is 3.63. The number of rotatable bonds is 3. The van der Waals surface area contributed by atoms with Crippen molar-refractivity contribution in [1.29, 1.82) is 0 Å². The molecule has 0 unspecified atom stereocenters. The van der Waals surface area contributed by atoms with Crippen molar-refractivity contribution in [3.63, 3.8) is 0 Å². The van der Waals surface area contributed by atoms with Crippen LogP contribution < -0.4 is 4.90 Å². The lowest BCUT2D eigenvalue weighted by atomic mass is 10.1. The van der Waals surface area contributed by atoms with Crippen molar-refractivity contribution < 1.29 is 19.1 Å². The van der Waals surface area contributed by atoms with Crippen LogP contribution in [0.2, 0.25) is 5.15 Å². The number of hydrogen-bond acceptors (Lipinski definition) is 6. The van der Waals surface area contributed by atoms with Crippen LogP contribution in [0.4, 0.5) is 9.93 Å². The minimum atomic E-state index is -0.614. The van der Waals surface area contributed by atoms with Gasteiger partial charge in [0.1, 0.15) is 10.8 Å². The van der Waals surface area contributed by atoms with E-state index in [4.69, 9.17) is 21.1 Å². The molecular formula is C15H21ClN2O4S. The molecule has 0 radical (unpaired) electrons. The summed E-state index contributed by atoms with van der Waals surface area (Å²) in [6.07, 6.45) is 1.42. The van der Waals surface area contributed by atoms with E-state index in [1.54, 1.807) is 5.38 Å². The summed E-state index contributed by atoms with van der Waals surface area (Å²) in [5, 5.41) is 2.49. The van der Waals surface area contributed by atoms with Gasteiger partial charge in [-0.3, -0.25) is 4.79 Å². The van der Waals surface area contributed by atoms with Crippen LogP contribution in [0.3, 0.4) is 0 Å². The number of methoxy groups -OCH3 is 1. The maximum Gasteiger partial charge on any atom is 0.416 e. The average Bonchev–Trinajstić information content (AvgIpc) is 3.06. The lowest BCUT2D eigenvalue weighted by molar-refractivity contribution is -0.145. The van der Waals surface area contributed by atoms with Gasteiger partial charge >= 0.3 is 12.1 Å². The lowest BCUT2D eigenvalue weighted by Crippen LogP contribution is -2.42. The number of ether oxygens (including phenoxy) is 2. The predicted octanol–water partition coefficient (Wildman–Crippen LogP) is 3.88. The molecule has 1 aromatic heterocycles. The Balaban J connectivity index is 2.21. The maximum absolute atomic E-state index is 12.6. The van der Waals surface area contributed by atoms with Crippen molar-refractivity contribution in [2.24, 2.45) is 5.92 Å². The minimum absolute atomic E-state index is 0.156. The predicted molar refractivity (Wildman–Crippen MR) is 89.0 cm³/mol. The number of amides is 1. The molecule has 8 heteroatoms. The van der Waals surface area contributed by atoms with Gasteiger partial charge in [-0.25, -0.2) is 14.7 Å². The van der Waals surface area contributed by atoms with E-state index in [2.05, 4.69) is 4.98 Å². The first-order chi connectivity index (χ1) is 10.7. The van der Waals surface area contributed by atoms with Gasteiger partial charge < -0.3 is 9.47 Å². The van der Waals surface area contributed by atoms with Crippen LogP contribution in [0, 0.1) is 5.92 Å². The van der Waals surface area contributed by atoms with Gasteiger partial charge in [0.15, 0.2) is 5.13 Å². The number of hydrogen-bond donors (Lipinski definition) is 0. The van der Waals surface area contributed by atoms with Crippen molar-refractivity contribution >= 4 is 40.1 Å². The highest BCUT2D eigenvalue weighted by Crippen LogP contribution is 2.35. The second-order valence-electron chi connectivity index (χ2n) is 6.49. The molecule has 128 valence electrons. The number of thiazole rings is 1. The number of esters is 1. The summed E-state index contributed by atoms with van der Waals surface area (Å²) in [5.41, 5.74) is -0.614. The van der Waals surface area contributed by atoms with Gasteiger partial charge in [-0.1, -0.05) is 11.6 Å². The van der Waals surface area contributed by atoms with Crippen molar-refractivity contribution in [2.45, 2.75) is 51.7 Å². The zero-order valence-electron chi connectivity index (χ0n) is 13.7. The summed E-state index contributed by atoms with van der Waals surface area (Å²) < 4.78 is 10.3. The molecule has 2 rings (SSSR count). The van der Waals surface area contributed by atoms with E-state index in [9.17, 15) is 9.59 Å². The van der Waals surface area contributed by atoms with Gasteiger partial charge in [0.2, 0.25) is 0 Å². The Morgan fingerprint density at radius 3 is 2.61 bits per heavy atom. The Kier molecular flexibility index (Phi) is 5.52. The maximum atomic E-state index is 12.6. The van der Waals surface area contributed by atoms with E-state index in [1.165, 1.54) is 23.3 Å². The molecule has 0 aromatic carbocycles. The molecule has 1 fully saturated rings. The summed E-state index contributed by atoms with van der Waals surface area (Å²) in [6.45, 7) is 5.43. The Bertz CT molecular complexity index is 584. The summed E-state index contributed by atoms with van der Waals surface area (Å²) in [7, 11) is 1.38. The van der Waals surface area contributed by atoms with E-state index in [-0.39, 0.29) is 17.9 Å². The highest BCUT2D eigenvalue weighted by molar-refractivity contribution is 7.14. The van der Waals surface area contributed by atoms with Gasteiger partial charge in [-0.15, -0.1) is 11.3 Å². The number of carbonyl (C=O) groups excluding carboxylic acids is 2. The summed E-state index contributed by atoms with van der Waals surface area (Å²) in [5.74, 6) is -0.445. The highest BCUT2D eigenvalue weighted by atomic mass is 35.5. The quantitative estimate of drug-likeness (QED) is 0.765. The molecule has 2 atom stereocenters. The molecule has 1 aliphatic carbocycles. The second kappa shape index (κ2) is 7.05. The number of carbonyl (C=O) groups is 2. The van der Waals surface area contributed by atoms with Crippen LogP contribution in [-0.2, 0) is 14.3 Å². The summed E-state index contributed by atoms with van der Waals surface area (Å²) in [6, 6.07) is -0.156. The van der Waals surface area contributed by atoms with Crippen LogP contribution in [0.1, 0.15) is 40.0 Å². The zero-order valence-corrected chi connectivity index (χ0v) is 15.2. The van der Waals surface area contributed by atoms with E-state index < -0.39 is 11.7 Å². The van der Waals surface area contributed by atoms with Crippen molar-refractivity contribution in [3.8, 4) is 0 Å². The molecule has 1 aromatic rings. The molecule has 6 nitrogen and oxygen atoms in total. The number of aromatic nitrogens is 1. The SMILES string of the molecule is COC(=O)[C@@H]1CC[C@H](N(C(=O)OC(C)(C)C)c2nc(Cl)cs2)C1. The molecule has 0 N–H and O–H groups in total. The highest BCUT2D eigenvalue weighted by Gasteiger charge is 2.39. The van der Waals surface area contributed by atoms with E-state index in [1.807, 2.05) is 20.8 Å². The molecule has 0 spiro atoms. The topological polar surface area (TPSA) is 68.7 Å². The first-order valence-electron chi connectivity index (χ1n) is 7.42. The molecule has 23 heavy (non-hydrogen) atoms. The Labute approximate surface area is 144 Å². The molecule has 1 amide bonds. The van der Waals surface area contributed by atoms with Crippen LogP contribution in [0.15, 0.2) is 5.38 Å². The summed E-state index contributed by atoms with van der Waals surface area (Å²) >= 11 is 7.18. The third kappa shape index (κ3) is 4.57. The van der Waals surface area contributed by atoms with Gasteiger partial charge in [0.25, 0.3) is 0 Å². The van der Waals surface area contributed by atoms with Crippen LogP contribution in [0.25, 0.3) is 0 Å². The average molecular weight is 361 g/mol. The monoisotopic (exact) mass is 360 g/mol. The third-order valence-electron chi connectivity index (χ3n) is 3.56. The summed E-state index contributed by atoms with van der Waals surface area (Å²) in [4.78, 5) is 30.1. The van der Waals surface area contributed by atoms with E-state index >= 15 is 0 Å². The fraction of sp³-hybridized carbons (Fsp3) is 0.667. The molecule has 0 bridgehead atoms. The first-order valence-corrected chi connectivity index (χ1v) is 8.68. The van der Waals surface area contributed by atoms with Gasteiger partial charge in [-0.2, -0.15) is 0 Å². The lowest BCUT2D eigenvalue weighted by Gasteiger charge is -2.29. The van der Waals surface area contributed by atoms with Crippen LogP contribution in [0.5, 0.6) is 0 Å². The van der Waals surface area contributed by atoms with Crippen molar-refractivity contribution in [2.75, 3.05) is 12.0 Å². The fourth-order valence-electron chi connectivity index (χ4n) is 2.62.